The summed E-state index contributed by atoms with van der Waals surface area (Å²) in [5.41, 5.74) is 4.69. The molecule has 0 saturated carbocycles. The number of benzene rings is 2. The van der Waals surface area contributed by atoms with Crippen LogP contribution in [0.2, 0.25) is 5.02 Å². The summed E-state index contributed by atoms with van der Waals surface area (Å²) in [6, 6.07) is 12.4. The standard InChI is InChI=1S/C18H20BrClN2S/c1-4-17(14-7-5-11(2)9-12(14)3)22-18(23)21-13-6-8-15(19)16(20)10-13/h5-10,17H,4H2,1-3H3,(H2,21,22,23). The van der Waals surface area contributed by atoms with E-state index in [-0.39, 0.29) is 6.04 Å². The predicted molar refractivity (Wildman–Crippen MR) is 107 cm³/mol. The van der Waals surface area contributed by atoms with Gasteiger partial charge in [-0.25, -0.2) is 0 Å². The van der Waals surface area contributed by atoms with Crippen LogP contribution in [0.1, 0.15) is 36.1 Å². The molecule has 122 valence electrons. The Morgan fingerprint density at radius 2 is 1.96 bits per heavy atom. The number of halogens is 2. The summed E-state index contributed by atoms with van der Waals surface area (Å²) in [4.78, 5) is 0. The largest absolute Gasteiger partial charge is 0.356 e. The first-order valence-corrected chi connectivity index (χ1v) is 9.08. The van der Waals surface area contributed by atoms with E-state index in [1.54, 1.807) is 0 Å². The van der Waals surface area contributed by atoms with Gasteiger partial charge in [-0.1, -0.05) is 42.3 Å². The van der Waals surface area contributed by atoms with Crippen molar-refractivity contribution in [3.8, 4) is 0 Å². The summed E-state index contributed by atoms with van der Waals surface area (Å²) in [5, 5.41) is 7.83. The summed E-state index contributed by atoms with van der Waals surface area (Å²) in [6.07, 6.45) is 0.951. The van der Waals surface area contributed by atoms with Gasteiger partial charge >= 0.3 is 0 Å². The maximum Gasteiger partial charge on any atom is 0.171 e. The summed E-state index contributed by atoms with van der Waals surface area (Å²) in [7, 11) is 0. The number of hydrogen-bond donors (Lipinski definition) is 2. The van der Waals surface area contributed by atoms with Crippen molar-refractivity contribution >= 4 is 50.5 Å². The molecule has 0 aliphatic carbocycles. The molecule has 0 aromatic heterocycles. The van der Waals surface area contributed by atoms with Crippen LogP contribution in [-0.4, -0.2) is 5.11 Å². The highest BCUT2D eigenvalue weighted by molar-refractivity contribution is 9.10. The molecule has 0 bridgehead atoms. The van der Waals surface area contributed by atoms with E-state index < -0.39 is 0 Å². The fourth-order valence-electron chi connectivity index (χ4n) is 2.52. The van der Waals surface area contributed by atoms with E-state index in [1.165, 1.54) is 16.7 Å². The Hall–Kier alpha value is -1.10. The van der Waals surface area contributed by atoms with Gasteiger partial charge in [0.25, 0.3) is 0 Å². The van der Waals surface area contributed by atoms with Crippen LogP contribution in [0.5, 0.6) is 0 Å². The Bertz CT molecular complexity index is 718. The number of aryl methyl sites for hydroxylation is 2. The molecule has 0 heterocycles. The lowest BCUT2D eigenvalue weighted by atomic mass is 9.98. The van der Waals surface area contributed by atoms with Crippen molar-refractivity contribution in [2.24, 2.45) is 0 Å². The van der Waals surface area contributed by atoms with E-state index in [0.29, 0.717) is 10.1 Å². The van der Waals surface area contributed by atoms with E-state index in [9.17, 15) is 0 Å². The fraction of sp³-hybridized carbons (Fsp3) is 0.278. The minimum absolute atomic E-state index is 0.182. The first-order chi connectivity index (χ1) is 10.9. The van der Waals surface area contributed by atoms with Crippen LogP contribution < -0.4 is 10.6 Å². The second kappa shape index (κ2) is 8.13. The lowest BCUT2D eigenvalue weighted by Gasteiger charge is -2.22. The van der Waals surface area contributed by atoms with Crippen molar-refractivity contribution in [2.75, 3.05) is 5.32 Å². The number of rotatable bonds is 4. The minimum Gasteiger partial charge on any atom is -0.356 e. The minimum atomic E-state index is 0.182. The summed E-state index contributed by atoms with van der Waals surface area (Å²) in [5.74, 6) is 0. The molecule has 0 saturated heterocycles. The average molecular weight is 412 g/mol. The first kappa shape index (κ1) is 18.2. The van der Waals surface area contributed by atoms with Crippen LogP contribution in [0, 0.1) is 13.8 Å². The van der Waals surface area contributed by atoms with Gasteiger partial charge in [0, 0.05) is 10.2 Å². The van der Waals surface area contributed by atoms with Gasteiger partial charge in [-0.05, 0) is 77.7 Å². The van der Waals surface area contributed by atoms with E-state index in [1.807, 2.05) is 18.2 Å². The van der Waals surface area contributed by atoms with Crippen molar-refractivity contribution in [3.05, 3.63) is 62.6 Å². The van der Waals surface area contributed by atoms with Gasteiger partial charge in [-0.2, -0.15) is 0 Å². The van der Waals surface area contributed by atoms with Crippen molar-refractivity contribution in [3.63, 3.8) is 0 Å². The second-order valence-corrected chi connectivity index (χ2v) is 7.22. The van der Waals surface area contributed by atoms with Gasteiger partial charge in [0.05, 0.1) is 11.1 Å². The van der Waals surface area contributed by atoms with Crippen molar-refractivity contribution < 1.29 is 0 Å². The molecule has 0 radical (unpaired) electrons. The Balaban J connectivity index is 2.08. The molecule has 1 unspecified atom stereocenters. The number of nitrogens with one attached hydrogen (secondary N) is 2. The Morgan fingerprint density at radius 1 is 1.22 bits per heavy atom. The lowest BCUT2D eigenvalue weighted by molar-refractivity contribution is 0.625. The van der Waals surface area contributed by atoms with E-state index >= 15 is 0 Å². The quantitative estimate of drug-likeness (QED) is 0.589. The zero-order chi connectivity index (χ0) is 17.0. The van der Waals surface area contributed by atoms with Gasteiger partial charge in [0.2, 0.25) is 0 Å². The summed E-state index contributed by atoms with van der Waals surface area (Å²) in [6.45, 7) is 6.39. The molecule has 5 heteroatoms. The van der Waals surface area contributed by atoms with E-state index in [4.69, 9.17) is 23.8 Å². The number of anilines is 1. The predicted octanol–water partition coefficient (Wildman–Crippen LogP) is 6.16. The second-order valence-electron chi connectivity index (χ2n) is 5.55. The highest BCUT2D eigenvalue weighted by Crippen LogP contribution is 2.26. The molecule has 2 nitrogen and oxygen atoms in total. The molecule has 0 aliphatic heterocycles. The zero-order valence-electron chi connectivity index (χ0n) is 13.4. The number of thiocarbonyl (C=S) groups is 1. The zero-order valence-corrected chi connectivity index (χ0v) is 16.6. The molecule has 23 heavy (non-hydrogen) atoms. The molecular weight excluding hydrogens is 392 g/mol. The summed E-state index contributed by atoms with van der Waals surface area (Å²) < 4.78 is 0.866. The van der Waals surface area contributed by atoms with Crippen LogP contribution in [0.25, 0.3) is 0 Å². The maximum absolute atomic E-state index is 6.11. The molecular formula is C18H20BrClN2S. The van der Waals surface area contributed by atoms with Crippen LogP contribution in [-0.2, 0) is 0 Å². The lowest BCUT2D eigenvalue weighted by Crippen LogP contribution is -2.32. The Kier molecular flexibility index (Phi) is 6.45. The first-order valence-electron chi connectivity index (χ1n) is 7.50. The molecule has 2 rings (SSSR count). The van der Waals surface area contributed by atoms with Crippen LogP contribution in [0.4, 0.5) is 5.69 Å². The van der Waals surface area contributed by atoms with Gasteiger partial charge in [-0.15, -0.1) is 0 Å². The smallest absolute Gasteiger partial charge is 0.171 e. The van der Waals surface area contributed by atoms with Crippen LogP contribution in [0.3, 0.4) is 0 Å². The van der Waals surface area contributed by atoms with Crippen molar-refractivity contribution in [1.82, 2.24) is 5.32 Å². The van der Waals surface area contributed by atoms with E-state index in [0.717, 1.165) is 16.6 Å². The molecule has 0 fully saturated rings. The van der Waals surface area contributed by atoms with Crippen LogP contribution in [0.15, 0.2) is 40.9 Å². The molecule has 2 aromatic carbocycles. The molecule has 2 N–H and O–H groups in total. The highest BCUT2D eigenvalue weighted by atomic mass is 79.9. The third kappa shape index (κ3) is 4.93. The Morgan fingerprint density at radius 3 is 2.57 bits per heavy atom. The summed E-state index contributed by atoms with van der Waals surface area (Å²) >= 11 is 14.9. The molecule has 0 amide bonds. The molecule has 2 aromatic rings. The van der Waals surface area contributed by atoms with Gasteiger partial charge < -0.3 is 10.6 Å². The van der Waals surface area contributed by atoms with Crippen LogP contribution >= 0.6 is 39.7 Å². The molecule has 0 spiro atoms. The third-order valence-electron chi connectivity index (χ3n) is 3.69. The fourth-order valence-corrected chi connectivity index (χ4v) is 3.20. The van der Waals surface area contributed by atoms with Gasteiger partial charge in [0.1, 0.15) is 0 Å². The van der Waals surface area contributed by atoms with Gasteiger partial charge in [-0.3, -0.25) is 0 Å². The maximum atomic E-state index is 6.11. The highest BCUT2D eigenvalue weighted by Gasteiger charge is 2.13. The van der Waals surface area contributed by atoms with Crippen molar-refractivity contribution in [2.45, 2.75) is 33.2 Å². The number of hydrogen-bond acceptors (Lipinski definition) is 1. The van der Waals surface area contributed by atoms with E-state index in [2.05, 4.69) is 65.5 Å². The third-order valence-corrected chi connectivity index (χ3v) is 5.14. The SMILES string of the molecule is CCC(NC(=S)Nc1ccc(Br)c(Cl)c1)c1ccc(C)cc1C. The van der Waals surface area contributed by atoms with Crippen molar-refractivity contribution in [1.29, 1.82) is 0 Å². The normalized spacial score (nSPS) is 11.9. The average Bonchev–Trinajstić information content (AvgIpc) is 2.49. The monoisotopic (exact) mass is 410 g/mol. The molecule has 1 atom stereocenters. The van der Waals surface area contributed by atoms with Gasteiger partial charge in [0.15, 0.2) is 5.11 Å². The Labute approximate surface area is 156 Å². The molecule has 0 aliphatic rings. The topological polar surface area (TPSA) is 24.1 Å².